The van der Waals surface area contributed by atoms with E-state index < -0.39 is 15.5 Å². The lowest BCUT2D eigenvalue weighted by molar-refractivity contribution is -0.0494. The molecule has 0 bridgehead atoms. The first-order chi connectivity index (χ1) is 13.3. The zero-order valence-corrected chi connectivity index (χ0v) is 20.4. The lowest BCUT2D eigenvalue weighted by Gasteiger charge is -2.32. The quantitative estimate of drug-likeness (QED) is 0.319. The first-order valence-electron chi connectivity index (χ1n) is 9.29. The molecule has 0 spiro atoms. The van der Waals surface area contributed by atoms with E-state index in [0.29, 0.717) is 28.5 Å². The topological polar surface area (TPSA) is 113 Å². The van der Waals surface area contributed by atoms with Crippen molar-refractivity contribution in [1.82, 2.24) is 25.1 Å². The third-order valence-corrected chi connectivity index (χ3v) is 5.89. The second kappa shape index (κ2) is 10.4. The van der Waals surface area contributed by atoms with E-state index in [1.165, 1.54) is 0 Å². The van der Waals surface area contributed by atoms with E-state index in [0.717, 1.165) is 0 Å². The Hall–Kier alpha value is -1.16. The molecule has 9 nitrogen and oxygen atoms in total. The fourth-order valence-electron chi connectivity index (χ4n) is 2.67. The number of rotatable bonds is 5. The zero-order chi connectivity index (χ0) is 21.9. The third kappa shape index (κ3) is 6.93. The largest absolute Gasteiger partial charge is 0.511 e. The number of nitrogens with one attached hydrogen (secondary N) is 2. The van der Waals surface area contributed by atoms with Gasteiger partial charge in [0.05, 0.1) is 0 Å². The Bertz CT molecular complexity index is 815. The predicted molar refractivity (Wildman–Crippen MR) is 116 cm³/mol. The molecule has 1 aromatic rings. The predicted octanol–water partition coefficient (Wildman–Crippen LogP) is 2.35. The lowest BCUT2D eigenvalue weighted by Crippen LogP contribution is -2.51. The highest BCUT2D eigenvalue weighted by Gasteiger charge is 2.50. The monoisotopic (exact) mass is 568 g/mol. The van der Waals surface area contributed by atoms with E-state index in [1.807, 2.05) is 27.7 Å². The summed E-state index contributed by atoms with van der Waals surface area (Å²) in [6, 6.07) is -0.206. The number of halogens is 4. The van der Waals surface area contributed by atoms with Crippen molar-refractivity contribution in [3.8, 4) is 0 Å². The molecule has 0 saturated carbocycles. The Morgan fingerprint density at radius 1 is 1.27 bits per heavy atom. The second-order valence-corrected chi connectivity index (χ2v) is 9.66. The van der Waals surface area contributed by atoms with Crippen LogP contribution < -0.4 is 10.6 Å². The van der Waals surface area contributed by atoms with Crippen LogP contribution >= 0.6 is 24.0 Å². The van der Waals surface area contributed by atoms with Crippen molar-refractivity contribution in [3.05, 3.63) is 11.7 Å². The normalized spacial score (nSPS) is 17.5. The molecule has 1 fully saturated rings. The van der Waals surface area contributed by atoms with Crippen LogP contribution in [0.5, 0.6) is 0 Å². The van der Waals surface area contributed by atoms with Crippen LogP contribution in [0.4, 0.5) is 13.2 Å². The average molecular weight is 568 g/mol. The van der Waals surface area contributed by atoms with E-state index in [4.69, 9.17) is 4.52 Å². The van der Waals surface area contributed by atoms with Gasteiger partial charge in [-0.15, -0.1) is 24.0 Å². The summed E-state index contributed by atoms with van der Waals surface area (Å²) in [4.78, 5) is 8.68. The maximum absolute atomic E-state index is 12.7. The Labute approximate surface area is 191 Å². The smallest absolute Gasteiger partial charge is 0.357 e. The van der Waals surface area contributed by atoms with Crippen LogP contribution in [0, 0.1) is 0 Å². The molecule has 2 N–H and O–H groups in total. The molecule has 2 heterocycles. The fourth-order valence-corrected chi connectivity index (χ4v) is 3.66. The van der Waals surface area contributed by atoms with Gasteiger partial charge >= 0.3 is 15.5 Å². The molecular formula is C16H28F3IN6O3S. The van der Waals surface area contributed by atoms with E-state index in [9.17, 15) is 21.6 Å². The van der Waals surface area contributed by atoms with Gasteiger partial charge in [-0.3, -0.25) is 0 Å². The standard InChI is InChI=1S/C16H27F3N6O3S.HI/c1-5-20-14(21-10-12-23-13(28-24-12)15(2,3)4)22-11-6-8-25(9-7-11)29(26,27)16(17,18)19;/h11H,5-10H2,1-4H3,(H2,20,21,22);1H. The first-order valence-corrected chi connectivity index (χ1v) is 10.7. The zero-order valence-electron chi connectivity index (χ0n) is 17.3. The van der Waals surface area contributed by atoms with Gasteiger partial charge in [0.15, 0.2) is 11.8 Å². The maximum Gasteiger partial charge on any atom is 0.511 e. The highest BCUT2D eigenvalue weighted by atomic mass is 127. The molecular weight excluding hydrogens is 540 g/mol. The van der Waals surface area contributed by atoms with Gasteiger partial charge in [-0.25, -0.2) is 13.4 Å². The van der Waals surface area contributed by atoms with Crippen molar-refractivity contribution >= 4 is 40.0 Å². The number of aliphatic imine (C=N–C) groups is 1. The third-order valence-electron chi connectivity index (χ3n) is 4.26. The molecule has 2 rings (SSSR count). The number of guanidine groups is 1. The number of nitrogens with zero attached hydrogens (tertiary/aromatic N) is 4. The number of aromatic nitrogens is 2. The molecule has 0 aliphatic carbocycles. The van der Waals surface area contributed by atoms with Gasteiger partial charge in [0.1, 0.15) is 6.54 Å². The number of hydrogen-bond acceptors (Lipinski definition) is 6. The number of alkyl halides is 3. The fraction of sp³-hybridized carbons (Fsp3) is 0.812. The molecule has 0 unspecified atom stereocenters. The minimum atomic E-state index is -5.28. The summed E-state index contributed by atoms with van der Waals surface area (Å²) in [7, 11) is -5.28. The van der Waals surface area contributed by atoms with Crippen LogP contribution in [-0.2, 0) is 22.0 Å². The number of sulfonamides is 1. The molecule has 30 heavy (non-hydrogen) atoms. The van der Waals surface area contributed by atoms with Crippen LogP contribution in [0.15, 0.2) is 9.52 Å². The lowest BCUT2D eigenvalue weighted by atomic mass is 9.97. The van der Waals surface area contributed by atoms with Crippen molar-refractivity contribution in [1.29, 1.82) is 0 Å². The Morgan fingerprint density at radius 3 is 2.33 bits per heavy atom. The van der Waals surface area contributed by atoms with Gasteiger partial charge in [0.2, 0.25) is 5.89 Å². The molecule has 1 aliphatic heterocycles. The summed E-state index contributed by atoms with van der Waals surface area (Å²) in [5.74, 6) is 1.36. The van der Waals surface area contributed by atoms with Gasteiger partial charge in [-0.05, 0) is 19.8 Å². The van der Waals surface area contributed by atoms with Crippen LogP contribution in [0.1, 0.15) is 52.3 Å². The summed E-state index contributed by atoms with van der Waals surface area (Å²) in [6.07, 6.45) is 0.464. The van der Waals surface area contributed by atoms with E-state index >= 15 is 0 Å². The maximum atomic E-state index is 12.7. The summed E-state index contributed by atoms with van der Waals surface area (Å²) in [6.45, 7) is 8.04. The minimum absolute atomic E-state index is 0. The average Bonchev–Trinajstić information content (AvgIpc) is 3.09. The SMILES string of the molecule is CCNC(=NCc1noc(C(C)(C)C)n1)NC1CCN(S(=O)(=O)C(F)(F)F)CC1.I. The van der Waals surface area contributed by atoms with Gasteiger partial charge in [-0.1, -0.05) is 25.9 Å². The summed E-state index contributed by atoms with van der Waals surface area (Å²) >= 11 is 0. The molecule has 0 atom stereocenters. The number of hydrogen-bond donors (Lipinski definition) is 2. The van der Waals surface area contributed by atoms with Crippen molar-refractivity contribution in [2.24, 2.45) is 4.99 Å². The van der Waals surface area contributed by atoms with Crippen LogP contribution in [0.2, 0.25) is 0 Å². The molecule has 0 aromatic carbocycles. The summed E-state index contributed by atoms with van der Waals surface area (Å²) < 4.78 is 66.7. The Morgan fingerprint density at radius 2 is 1.87 bits per heavy atom. The molecule has 1 aliphatic rings. The number of piperidine rings is 1. The molecule has 14 heteroatoms. The first kappa shape index (κ1) is 26.9. The van der Waals surface area contributed by atoms with Crippen LogP contribution in [-0.4, -0.2) is 60.0 Å². The van der Waals surface area contributed by atoms with Crippen molar-refractivity contribution in [2.75, 3.05) is 19.6 Å². The summed E-state index contributed by atoms with van der Waals surface area (Å²) in [5.41, 5.74) is -5.55. The molecule has 174 valence electrons. The highest BCUT2D eigenvalue weighted by molar-refractivity contribution is 14.0. The summed E-state index contributed by atoms with van der Waals surface area (Å²) in [5, 5.41) is 10.1. The second-order valence-electron chi connectivity index (χ2n) is 7.73. The van der Waals surface area contributed by atoms with Gasteiger partial charge in [0.25, 0.3) is 0 Å². The molecule has 1 saturated heterocycles. The Balaban J connectivity index is 0.00000450. The van der Waals surface area contributed by atoms with Crippen LogP contribution in [0.25, 0.3) is 0 Å². The molecule has 1 aromatic heterocycles. The van der Waals surface area contributed by atoms with Gasteiger partial charge in [0, 0.05) is 31.1 Å². The van der Waals surface area contributed by atoms with E-state index in [-0.39, 0.29) is 67.9 Å². The van der Waals surface area contributed by atoms with Crippen LogP contribution in [0.3, 0.4) is 0 Å². The van der Waals surface area contributed by atoms with E-state index in [1.54, 1.807) is 0 Å². The minimum Gasteiger partial charge on any atom is -0.357 e. The molecule has 0 radical (unpaired) electrons. The van der Waals surface area contributed by atoms with Crippen molar-refractivity contribution in [2.45, 2.75) is 64.0 Å². The van der Waals surface area contributed by atoms with E-state index in [2.05, 4.69) is 25.8 Å². The highest BCUT2D eigenvalue weighted by Crippen LogP contribution is 2.29. The molecule has 0 amide bonds. The Kier molecular flexibility index (Phi) is 9.35. The van der Waals surface area contributed by atoms with Crippen molar-refractivity contribution in [3.63, 3.8) is 0 Å². The van der Waals surface area contributed by atoms with Gasteiger partial charge < -0.3 is 15.2 Å². The van der Waals surface area contributed by atoms with Gasteiger partial charge in [-0.2, -0.15) is 22.5 Å². The van der Waals surface area contributed by atoms with Crippen molar-refractivity contribution < 1.29 is 26.1 Å².